The molecule has 1 atom stereocenters. The van der Waals surface area contributed by atoms with Crippen molar-refractivity contribution in [2.45, 2.75) is 25.4 Å². The summed E-state index contributed by atoms with van der Waals surface area (Å²) in [5, 5.41) is 15.1. The van der Waals surface area contributed by atoms with E-state index in [0.29, 0.717) is 18.0 Å². The van der Waals surface area contributed by atoms with E-state index in [9.17, 15) is 9.90 Å². The molecular formula is C14H16N2O2S. The lowest BCUT2D eigenvalue weighted by molar-refractivity contribution is -0.132. The average Bonchev–Trinajstić information content (AvgIpc) is 2.90. The van der Waals surface area contributed by atoms with Gasteiger partial charge < -0.3 is 5.11 Å². The number of rotatable bonds is 5. The quantitative estimate of drug-likeness (QED) is 0.882. The molecule has 1 aromatic heterocycles. The van der Waals surface area contributed by atoms with Crippen molar-refractivity contribution in [2.75, 3.05) is 5.32 Å². The number of hydrogen-bond donors (Lipinski definition) is 2. The highest BCUT2D eigenvalue weighted by Gasteiger charge is 2.30. The fraction of sp³-hybridized carbons (Fsp3) is 0.286. The molecule has 2 rings (SSSR count). The monoisotopic (exact) mass is 276 g/mol. The molecule has 0 aliphatic heterocycles. The van der Waals surface area contributed by atoms with Crippen LogP contribution < -0.4 is 5.32 Å². The minimum absolute atomic E-state index is 0.369. The lowest BCUT2D eigenvalue weighted by Gasteiger charge is -2.21. The highest BCUT2D eigenvalue weighted by atomic mass is 32.1. The number of carbonyl (C=O) groups is 1. The van der Waals surface area contributed by atoms with Gasteiger partial charge in [0.05, 0.1) is 0 Å². The van der Waals surface area contributed by atoms with E-state index in [1.54, 1.807) is 11.6 Å². The third kappa shape index (κ3) is 3.87. The number of aromatic nitrogens is 1. The van der Waals surface area contributed by atoms with E-state index in [0.717, 1.165) is 5.56 Å². The molecule has 4 nitrogen and oxygen atoms in total. The Balaban J connectivity index is 1.92. The van der Waals surface area contributed by atoms with Gasteiger partial charge in [0.15, 0.2) is 5.13 Å². The SMILES string of the molecule is CC(O)(CCc1ccccc1)C(=O)Nc1nccs1. The Morgan fingerprint density at radius 3 is 2.79 bits per heavy atom. The van der Waals surface area contributed by atoms with Crippen LogP contribution in [0.2, 0.25) is 0 Å². The molecule has 2 N–H and O–H groups in total. The number of carbonyl (C=O) groups excluding carboxylic acids is 1. The van der Waals surface area contributed by atoms with Gasteiger partial charge in [-0.2, -0.15) is 0 Å². The smallest absolute Gasteiger partial charge is 0.257 e. The number of thiazole rings is 1. The van der Waals surface area contributed by atoms with Crippen LogP contribution in [0.4, 0.5) is 5.13 Å². The van der Waals surface area contributed by atoms with E-state index < -0.39 is 11.5 Å². The second-order valence-corrected chi connectivity index (χ2v) is 5.45. The van der Waals surface area contributed by atoms with Gasteiger partial charge in [-0.05, 0) is 25.3 Å². The Bertz CT molecular complexity index is 524. The molecule has 1 aromatic carbocycles. The van der Waals surface area contributed by atoms with Crippen LogP contribution in [0, 0.1) is 0 Å². The van der Waals surface area contributed by atoms with Gasteiger partial charge in [0, 0.05) is 11.6 Å². The summed E-state index contributed by atoms with van der Waals surface area (Å²) < 4.78 is 0. The molecule has 1 unspecified atom stereocenters. The number of nitrogens with zero attached hydrogens (tertiary/aromatic N) is 1. The van der Waals surface area contributed by atoms with Gasteiger partial charge in [-0.3, -0.25) is 10.1 Å². The zero-order valence-electron chi connectivity index (χ0n) is 10.7. The van der Waals surface area contributed by atoms with Crippen LogP contribution in [-0.2, 0) is 11.2 Å². The zero-order chi connectivity index (χ0) is 13.7. The van der Waals surface area contributed by atoms with Gasteiger partial charge in [0.25, 0.3) is 5.91 Å². The summed E-state index contributed by atoms with van der Waals surface area (Å²) in [6, 6.07) is 9.79. The number of benzene rings is 1. The van der Waals surface area contributed by atoms with Crippen LogP contribution >= 0.6 is 11.3 Å². The summed E-state index contributed by atoms with van der Waals surface area (Å²) in [5.41, 5.74) is -0.300. The van der Waals surface area contributed by atoms with Gasteiger partial charge in [0.1, 0.15) is 5.60 Å². The number of nitrogens with one attached hydrogen (secondary N) is 1. The number of aliphatic hydroxyl groups is 1. The number of aryl methyl sites for hydroxylation is 1. The standard InChI is InChI=1S/C14H16N2O2S/c1-14(18,8-7-11-5-3-2-4-6-11)12(17)16-13-15-9-10-19-13/h2-6,9-10,18H,7-8H2,1H3,(H,15,16,17). The third-order valence-electron chi connectivity index (χ3n) is 2.89. The second kappa shape index (κ2) is 5.95. The van der Waals surface area contributed by atoms with E-state index >= 15 is 0 Å². The molecule has 0 fully saturated rings. The minimum atomic E-state index is -1.40. The van der Waals surface area contributed by atoms with E-state index in [1.165, 1.54) is 18.3 Å². The molecule has 1 amide bonds. The van der Waals surface area contributed by atoms with Crippen molar-refractivity contribution < 1.29 is 9.90 Å². The Morgan fingerprint density at radius 1 is 1.42 bits per heavy atom. The number of amides is 1. The van der Waals surface area contributed by atoms with Crippen molar-refractivity contribution in [3.63, 3.8) is 0 Å². The molecule has 0 saturated carbocycles. The lowest BCUT2D eigenvalue weighted by Crippen LogP contribution is -2.40. The Hall–Kier alpha value is -1.72. The average molecular weight is 276 g/mol. The first kappa shape index (κ1) is 13.7. The maximum Gasteiger partial charge on any atom is 0.257 e. The van der Waals surface area contributed by atoms with Crippen molar-refractivity contribution in [1.82, 2.24) is 4.98 Å². The first-order valence-electron chi connectivity index (χ1n) is 6.05. The van der Waals surface area contributed by atoms with Crippen LogP contribution in [-0.4, -0.2) is 21.6 Å². The van der Waals surface area contributed by atoms with Crippen molar-refractivity contribution >= 4 is 22.4 Å². The van der Waals surface area contributed by atoms with E-state index in [2.05, 4.69) is 10.3 Å². The van der Waals surface area contributed by atoms with Crippen LogP contribution in [0.15, 0.2) is 41.9 Å². The van der Waals surface area contributed by atoms with Gasteiger partial charge in [-0.25, -0.2) is 4.98 Å². The minimum Gasteiger partial charge on any atom is -0.380 e. The molecule has 0 saturated heterocycles. The predicted molar refractivity (Wildman–Crippen MR) is 76.1 cm³/mol. The summed E-state index contributed by atoms with van der Waals surface area (Å²) in [7, 11) is 0. The van der Waals surface area contributed by atoms with Gasteiger partial charge in [-0.1, -0.05) is 30.3 Å². The van der Waals surface area contributed by atoms with Crippen molar-refractivity contribution in [1.29, 1.82) is 0 Å². The molecular weight excluding hydrogens is 260 g/mol. The summed E-state index contributed by atoms with van der Waals surface area (Å²) in [6.45, 7) is 1.53. The molecule has 0 spiro atoms. The zero-order valence-corrected chi connectivity index (χ0v) is 11.5. The lowest BCUT2D eigenvalue weighted by atomic mass is 9.96. The van der Waals surface area contributed by atoms with Gasteiger partial charge in [0.2, 0.25) is 0 Å². The molecule has 0 aliphatic rings. The maximum atomic E-state index is 12.0. The molecule has 100 valence electrons. The molecule has 2 aromatic rings. The summed E-state index contributed by atoms with van der Waals surface area (Å²) in [6.07, 6.45) is 2.63. The second-order valence-electron chi connectivity index (χ2n) is 4.55. The first-order chi connectivity index (χ1) is 9.08. The van der Waals surface area contributed by atoms with Crippen molar-refractivity contribution in [2.24, 2.45) is 0 Å². The van der Waals surface area contributed by atoms with Crippen molar-refractivity contribution in [3.8, 4) is 0 Å². The molecule has 5 heteroatoms. The van der Waals surface area contributed by atoms with Gasteiger partial charge >= 0.3 is 0 Å². The number of anilines is 1. The maximum absolute atomic E-state index is 12.0. The Kier molecular flexibility index (Phi) is 4.29. The van der Waals surface area contributed by atoms with Crippen LogP contribution in [0.1, 0.15) is 18.9 Å². The largest absolute Gasteiger partial charge is 0.380 e. The van der Waals surface area contributed by atoms with E-state index in [-0.39, 0.29) is 0 Å². The molecule has 19 heavy (non-hydrogen) atoms. The summed E-state index contributed by atoms with van der Waals surface area (Å²) >= 11 is 1.33. The third-order valence-corrected chi connectivity index (χ3v) is 3.57. The highest BCUT2D eigenvalue weighted by molar-refractivity contribution is 7.13. The van der Waals surface area contributed by atoms with Gasteiger partial charge in [-0.15, -0.1) is 11.3 Å². The number of hydrogen-bond acceptors (Lipinski definition) is 4. The topological polar surface area (TPSA) is 62.2 Å². The summed E-state index contributed by atoms with van der Waals surface area (Å²) in [5.74, 6) is -0.418. The van der Waals surface area contributed by atoms with E-state index in [4.69, 9.17) is 0 Å². The van der Waals surface area contributed by atoms with E-state index in [1.807, 2.05) is 30.3 Å². The predicted octanol–water partition coefficient (Wildman–Crippen LogP) is 2.47. The fourth-order valence-electron chi connectivity index (χ4n) is 1.66. The first-order valence-corrected chi connectivity index (χ1v) is 6.93. The highest BCUT2D eigenvalue weighted by Crippen LogP contribution is 2.18. The fourth-order valence-corrected chi connectivity index (χ4v) is 2.19. The van der Waals surface area contributed by atoms with Crippen LogP contribution in [0.5, 0.6) is 0 Å². The molecule has 0 aliphatic carbocycles. The van der Waals surface area contributed by atoms with Crippen LogP contribution in [0.3, 0.4) is 0 Å². The molecule has 0 bridgehead atoms. The molecule has 1 heterocycles. The normalized spacial score (nSPS) is 13.8. The Labute approximate surface area is 116 Å². The Morgan fingerprint density at radius 2 is 2.16 bits per heavy atom. The van der Waals surface area contributed by atoms with Crippen LogP contribution in [0.25, 0.3) is 0 Å². The summed E-state index contributed by atoms with van der Waals surface area (Å²) in [4.78, 5) is 15.9. The molecule has 0 radical (unpaired) electrons. The van der Waals surface area contributed by atoms with Crippen molar-refractivity contribution in [3.05, 3.63) is 47.5 Å².